The number of aromatic nitrogens is 1. The quantitative estimate of drug-likeness (QED) is 0.739. The molecule has 0 aliphatic heterocycles. The van der Waals surface area contributed by atoms with Gasteiger partial charge < -0.3 is 14.6 Å². The van der Waals surface area contributed by atoms with Crippen molar-refractivity contribution in [2.24, 2.45) is 0 Å². The number of carbonyl (C=O) groups is 1. The van der Waals surface area contributed by atoms with Crippen LogP contribution < -0.4 is 5.32 Å². The van der Waals surface area contributed by atoms with E-state index in [4.69, 9.17) is 9.26 Å². The SMILES string of the molecule is O=C(COCc1cc(-c2ccc(F)cc2)on1)Nc1ccc(F)cc1. The van der Waals surface area contributed by atoms with Crippen LogP contribution in [0.4, 0.5) is 14.5 Å². The number of hydrogen-bond acceptors (Lipinski definition) is 4. The van der Waals surface area contributed by atoms with E-state index in [0.717, 1.165) is 0 Å². The molecule has 0 saturated heterocycles. The maximum Gasteiger partial charge on any atom is 0.250 e. The lowest BCUT2D eigenvalue weighted by molar-refractivity contribution is -0.121. The van der Waals surface area contributed by atoms with Crippen molar-refractivity contribution in [2.75, 3.05) is 11.9 Å². The summed E-state index contributed by atoms with van der Waals surface area (Å²) in [6.07, 6.45) is 0. The topological polar surface area (TPSA) is 64.4 Å². The monoisotopic (exact) mass is 344 g/mol. The summed E-state index contributed by atoms with van der Waals surface area (Å²) in [4.78, 5) is 11.7. The molecule has 0 aliphatic carbocycles. The van der Waals surface area contributed by atoms with Gasteiger partial charge in [0.05, 0.1) is 6.61 Å². The highest BCUT2D eigenvalue weighted by Crippen LogP contribution is 2.20. The fourth-order valence-corrected chi connectivity index (χ4v) is 2.11. The third-order valence-corrected chi connectivity index (χ3v) is 3.30. The summed E-state index contributed by atoms with van der Waals surface area (Å²) in [6, 6.07) is 12.9. The first-order chi connectivity index (χ1) is 12.1. The second-order valence-corrected chi connectivity index (χ2v) is 5.24. The second kappa shape index (κ2) is 7.67. The molecule has 1 aromatic heterocycles. The molecule has 1 amide bonds. The summed E-state index contributed by atoms with van der Waals surface area (Å²) < 4.78 is 36.1. The predicted molar refractivity (Wildman–Crippen MR) is 86.6 cm³/mol. The molecule has 0 spiro atoms. The van der Waals surface area contributed by atoms with Crippen LogP contribution in [-0.4, -0.2) is 17.7 Å². The molecule has 25 heavy (non-hydrogen) atoms. The molecule has 1 heterocycles. The van der Waals surface area contributed by atoms with Gasteiger partial charge in [0.15, 0.2) is 5.76 Å². The fraction of sp³-hybridized carbons (Fsp3) is 0.111. The number of anilines is 1. The summed E-state index contributed by atoms with van der Waals surface area (Å²) >= 11 is 0. The van der Waals surface area contributed by atoms with E-state index in [1.807, 2.05) is 0 Å². The summed E-state index contributed by atoms with van der Waals surface area (Å²) in [5.41, 5.74) is 1.68. The molecular weight excluding hydrogens is 330 g/mol. The molecule has 2 aromatic carbocycles. The molecule has 0 atom stereocenters. The van der Waals surface area contributed by atoms with E-state index < -0.39 is 0 Å². The molecular formula is C18H14F2N2O3. The molecule has 0 saturated carbocycles. The number of nitrogens with one attached hydrogen (secondary N) is 1. The Kier molecular flexibility index (Phi) is 5.15. The number of carbonyl (C=O) groups excluding carboxylic acids is 1. The minimum Gasteiger partial charge on any atom is -0.365 e. The van der Waals surface area contributed by atoms with E-state index in [2.05, 4.69) is 10.5 Å². The van der Waals surface area contributed by atoms with Gasteiger partial charge in [-0.05, 0) is 48.5 Å². The Morgan fingerprint density at radius 1 is 1.04 bits per heavy atom. The van der Waals surface area contributed by atoms with Crippen LogP contribution in [-0.2, 0) is 16.1 Å². The van der Waals surface area contributed by atoms with E-state index in [9.17, 15) is 13.6 Å². The van der Waals surface area contributed by atoms with Gasteiger partial charge in [-0.25, -0.2) is 8.78 Å². The van der Waals surface area contributed by atoms with Gasteiger partial charge in [-0.1, -0.05) is 5.16 Å². The number of nitrogens with zero attached hydrogens (tertiary/aromatic N) is 1. The van der Waals surface area contributed by atoms with Crippen LogP contribution in [0.15, 0.2) is 59.1 Å². The molecule has 3 aromatic rings. The molecule has 0 aliphatic rings. The second-order valence-electron chi connectivity index (χ2n) is 5.24. The maximum absolute atomic E-state index is 12.9. The summed E-state index contributed by atoms with van der Waals surface area (Å²) in [7, 11) is 0. The fourth-order valence-electron chi connectivity index (χ4n) is 2.11. The highest BCUT2D eigenvalue weighted by atomic mass is 19.1. The van der Waals surface area contributed by atoms with Crippen LogP contribution in [0.25, 0.3) is 11.3 Å². The smallest absolute Gasteiger partial charge is 0.250 e. The number of ether oxygens (including phenoxy) is 1. The van der Waals surface area contributed by atoms with Gasteiger partial charge >= 0.3 is 0 Å². The van der Waals surface area contributed by atoms with Crippen LogP contribution >= 0.6 is 0 Å². The molecule has 0 bridgehead atoms. The number of halogens is 2. The van der Waals surface area contributed by atoms with Gasteiger partial charge in [-0.3, -0.25) is 4.79 Å². The third-order valence-electron chi connectivity index (χ3n) is 3.30. The van der Waals surface area contributed by atoms with Gasteiger partial charge in [0.1, 0.15) is 23.9 Å². The van der Waals surface area contributed by atoms with Crippen LogP contribution in [0.5, 0.6) is 0 Å². The van der Waals surface area contributed by atoms with Crippen molar-refractivity contribution in [3.05, 3.63) is 71.9 Å². The Morgan fingerprint density at radius 2 is 1.68 bits per heavy atom. The summed E-state index contributed by atoms with van der Waals surface area (Å²) in [5, 5.41) is 6.42. The normalized spacial score (nSPS) is 10.6. The number of hydrogen-bond donors (Lipinski definition) is 1. The first kappa shape index (κ1) is 16.8. The van der Waals surface area contributed by atoms with Crippen molar-refractivity contribution in [2.45, 2.75) is 6.61 Å². The predicted octanol–water partition coefficient (Wildman–Crippen LogP) is 3.78. The highest BCUT2D eigenvalue weighted by molar-refractivity contribution is 5.91. The molecule has 0 radical (unpaired) electrons. The average Bonchev–Trinajstić information content (AvgIpc) is 3.06. The van der Waals surface area contributed by atoms with E-state index in [-0.39, 0.29) is 30.8 Å². The Balaban J connectivity index is 1.48. The Morgan fingerprint density at radius 3 is 2.36 bits per heavy atom. The largest absolute Gasteiger partial charge is 0.365 e. The lowest BCUT2D eigenvalue weighted by Gasteiger charge is -2.05. The lowest BCUT2D eigenvalue weighted by Crippen LogP contribution is -2.18. The van der Waals surface area contributed by atoms with Crippen molar-refractivity contribution >= 4 is 11.6 Å². The molecule has 3 rings (SSSR count). The first-order valence-corrected chi connectivity index (χ1v) is 7.45. The van der Waals surface area contributed by atoms with Gasteiger partial charge in [0.2, 0.25) is 5.91 Å². The molecule has 0 unspecified atom stereocenters. The van der Waals surface area contributed by atoms with Crippen molar-refractivity contribution < 1.29 is 22.8 Å². The van der Waals surface area contributed by atoms with E-state index in [1.165, 1.54) is 36.4 Å². The van der Waals surface area contributed by atoms with Crippen LogP contribution in [0.2, 0.25) is 0 Å². The minimum atomic E-state index is -0.378. The van der Waals surface area contributed by atoms with Crippen LogP contribution in [0.1, 0.15) is 5.69 Å². The highest BCUT2D eigenvalue weighted by Gasteiger charge is 2.08. The van der Waals surface area contributed by atoms with Crippen LogP contribution in [0.3, 0.4) is 0 Å². The van der Waals surface area contributed by atoms with Gasteiger partial charge in [-0.2, -0.15) is 0 Å². The molecule has 0 fully saturated rings. The van der Waals surface area contributed by atoms with E-state index >= 15 is 0 Å². The zero-order valence-electron chi connectivity index (χ0n) is 13.0. The molecule has 128 valence electrons. The van der Waals surface area contributed by atoms with Crippen LogP contribution in [0, 0.1) is 11.6 Å². The Labute approximate surface area is 142 Å². The minimum absolute atomic E-state index is 0.0849. The molecule has 5 nitrogen and oxygen atoms in total. The lowest BCUT2D eigenvalue weighted by atomic mass is 10.1. The standard InChI is InChI=1S/C18H14F2N2O3/c19-13-3-1-12(2-4-13)17-9-16(22-25-17)10-24-11-18(23)21-15-7-5-14(20)6-8-15/h1-9H,10-11H2,(H,21,23). The van der Waals surface area contributed by atoms with E-state index in [0.29, 0.717) is 22.7 Å². The van der Waals surface area contributed by atoms with Gasteiger partial charge in [0, 0.05) is 17.3 Å². The van der Waals surface area contributed by atoms with Crippen molar-refractivity contribution in [3.8, 4) is 11.3 Å². The maximum atomic E-state index is 12.9. The Bertz CT molecular complexity index is 846. The number of benzene rings is 2. The third kappa shape index (κ3) is 4.71. The summed E-state index contributed by atoms with van der Waals surface area (Å²) in [6.45, 7) is -0.0996. The van der Waals surface area contributed by atoms with E-state index in [1.54, 1.807) is 18.2 Å². The van der Waals surface area contributed by atoms with Gasteiger partial charge in [0.25, 0.3) is 0 Å². The zero-order chi connectivity index (χ0) is 17.6. The first-order valence-electron chi connectivity index (χ1n) is 7.45. The zero-order valence-corrected chi connectivity index (χ0v) is 13.0. The Hall–Kier alpha value is -3.06. The average molecular weight is 344 g/mol. The molecule has 1 N–H and O–H groups in total. The summed E-state index contributed by atoms with van der Waals surface area (Å²) in [5.74, 6) is -0.598. The number of amides is 1. The molecule has 7 heteroatoms. The van der Waals surface area contributed by atoms with Crippen molar-refractivity contribution in [1.29, 1.82) is 0 Å². The van der Waals surface area contributed by atoms with Gasteiger partial charge in [-0.15, -0.1) is 0 Å². The number of rotatable bonds is 6. The van der Waals surface area contributed by atoms with Crippen molar-refractivity contribution in [1.82, 2.24) is 5.16 Å². The van der Waals surface area contributed by atoms with Crippen molar-refractivity contribution in [3.63, 3.8) is 0 Å².